The Morgan fingerprint density at radius 1 is 1.27 bits per heavy atom. The third-order valence-corrected chi connectivity index (χ3v) is 5.10. The summed E-state index contributed by atoms with van der Waals surface area (Å²) in [5.74, 6) is -2.60. The van der Waals surface area contributed by atoms with Crippen molar-refractivity contribution in [2.24, 2.45) is 10.9 Å². The van der Waals surface area contributed by atoms with Crippen LogP contribution in [0.15, 0.2) is 38.9 Å². The maximum absolute atomic E-state index is 12.3. The van der Waals surface area contributed by atoms with Gasteiger partial charge in [0.05, 0.1) is 22.9 Å². The molecule has 1 aliphatic rings. The first-order chi connectivity index (χ1) is 14.3. The minimum absolute atomic E-state index is 0.0199. The Kier molecular flexibility index (Phi) is 6.26. The average Bonchev–Trinajstić information content (AvgIpc) is 3.16. The molecule has 12 heteroatoms. The van der Waals surface area contributed by atoms with Gasteiger partial charge in [0, 0.05) is 19.2 Å². The monoisotopic (exact) mass is 431 g/mol. The van der Waals surface area contributed by atoms with E-state index >= 15 is 0 Å². The van der Waals surface area contributed by atoms with Gasteiger partial charge in [-0.3, -0.25) is 14.5 Å². The number of nitrogens with one attached hydrogen (secondary N) is 1. The van der Waals surface area contributed by atoms with Crippen LogP contribution in [0.1, 0.15) is 23.2 Å². The average molecular weight is 431 g/mol. The number of aliphatic imine (C=N–C) groups is 1. The summed E-state index contributed by atoms with van der Waals surface area (Å²) in [6, 6.07) is 5.43. The highest BCUT2D eigenvalue weighted by Crippen LogP contribution is 2.22. The van der Waals surface area contributed by atoms with Crippen LogP contribution in [-0.2, 0) is 16.0 Å². The molecule has 0 saturated heterocycles. The number of urea groups is 1. The second-order valence-electron chi connectivity index (χ2n) is 6.34. The Hall–Kier alpha value is -3.54. The van der Waals surface area contributed by atoms with Gasteiger partial charge in [0.25, 0.3) is 5.22 Å². The Morgan fingerprint density at radius 2 is 2.00 bits per heavy atom. The van der Waals surface area contributed by atoms with Crippen molar-refractivity contribution >= 4 is 47.0 Å². The van der Waals surface area contributed by atoms with Crippen molar-refractivity contribution in [3.8, 4) is 0 Å². The fourth-order valence-electron chi connectivity index (χ4n) is 2.69. The predicted octanol–water partition coefficient (Wildman–Crippen LogP) is 1.71. The molecule has 4 amide bonds. The number of imide groups is 1. The molecule has 0 saturated carbocycles. The van der Waals surface area contributed by atoms with Crippen LogP contribution in [0.4, 0.5) is 10.5 Å². The molecule has 3 rings (SSSR count). The van der Waals surface area contributed by atoms with Crippen molar-refractivity contribution in [3.63, 3.8) is 0 Å². The van der Waals surface area contributed by atoms with E-state index in [2.05, 4.69) is 20.5 Å². The summed E-state index contributed by atoms with van der Waals surface area (Å²) in [5, 5.41) is 19.5. The number of anilines is 1. The van der Waals surface area contributed by atoms with E-state index in [1.807, 2.05) is 0 Å². The molecule has 1 atom stereocenters. The number of carboxylic acids is 1. The van der Waals surface area contributed by atoms with Gasteiger partial charge in [0.2, 0.25) is 17.7 Å². The lowest BCUT2D eigenvalue weighted by molar-refractivity contribution is -0.129. The number of amides is 4. The molecule has 1 unspecified atom stereocenters. The highest BCUT2D eigenvalue weighted by Gasteiger charge is 2.34. The fraction of sp³-hybridized carbons (Fsp3) is 0.278. The van der Waals surface area contributed by atoms with Gasteiger partial charge in [-0.25, -0.2) is 14.6 Å². The summed E-state index contributed by atoms with van der Waals surface area (Å²) in [6.45, 7) is 1.58. The van der Waals surface area contributed by atoms with Crippen molar-refractivity contribution in [3.05, 3.63) is 35.7 Å². The van der Waals surface area contributed by atoms with Crippen molar-refractivity contribution in [2.75, 3.05) is 18.1 Å². The number of carboxylic acid groups (broad SMARTS) is 1. The lowest BCUT2D eigenvalue weighted by Crippen LogP contribution is -2.44. The topological polar surface area (TPSA) is 155 Å². The van der Waals surface area contributed by atoms with E-state index in [1.54, 1.807) is 19.1 Å². The third-order valence-electron chi connectivity index (χ3n) is 4.28. The molecular formula is C18H17N5O6S. The zero-order chi connectivity index (χ0) is 21.8. The van der Waals surface area contributed by atoms with Gasteiger partial charge in [0.1, 0.15) is 0 Å². The fourth-order valence-corrected chi connectivity index (χ4v) is 3.27. The van der Waals surface area contributed by atoms with Gasteiger partial charge < -0.3 is 14.8 Å². The molecule has 0 spiro atoms. The number of thioether (sulfide) groups is 1. The van der Waals surface area contributed by atoms with Crippen molar-refractivity contribution in [2.45, 2.75) is 18.6 Å². The van der Waals surface area contributed by atoms with Crippen LogP contribution in [0, 0.1) is 5.92 Å². The minimum Gasteiger partial charge on any atom is -0.478 e. The molecule has 0 radical (unpaired) electrons. The Balaban J connectivity index is 1.58. The number of aromatic carboxylic acids is 1. The van der Waals surface area contributed by atoms with Crippen LogP contribution in [0.3, 0.4) is 0 Å². The number of carbonyl (C=O) groups is 4. The third kappa shape index (κ3) is 4.71. The van der Waals surface area contributed by atoms with Gasteiger partial charge in [-0.15, -0.1) is 10.2 Å². The molecule has 1 aliphatic heterocycles. The number of hydrogen-bond acceptors (Lipinski definition) is 8. The first kappa shape index (κ1) is 21.2. The zero-order valence-electron chi connectivity index (χ0n) is 16.0. The van der Waals surface area contributed by atoms with Crippen LogP contribution in [0.5, 0.6) is 0 Å². The Labute approximate surface area is 174 Å². The number of nitrogens with zero attached hydrogens (tertiary/aromatic N) is 4. The second-order valence-corrected chi connectivity index (χ2v) is 7.27. The number of hydrogen-bond donors (Lipinski definition) is 2. The molecule has 2 aromatic rings. The van der Waals surface area contributed by atoms with Gasteiger partial charge >= 0.3 is 12.0 Å². The molecule has 1 aromatic carbocycles. The molecule has 0 fully saturated rings. The molecule has 30 heavy (non-hydrogen) atoms. The van der Waals surface area contributed by atoms with Crippen LogP contribution < -0.4 is 5.32 Å². The molecule has 156 valence electrons. The maximum Gasteiger partial charge on any atom is 0.349 e. The zero-order valence-corrected chi connectivity index (χ0v) is 16.8. The lowest BCUT2D eigenvalue weighted by atomic mass is 9.97. The van der Waals surface area contributed by atoms with Gasteiger partial charge in [-0.05, 0) is 19.1 Å². The summed E-state index contributed by atoms with van der Waals surface area (Å²) >= 11 is 0.968. The maximum atomic E-state index is 12.3. The SMILES string of the molecule is CC1=NC(=O)N(C)C(=O)C1Cc1nnc(SCC(=O)Nc2ccccc2C(=O)O)o1. The van der Waals surface area contributed by atoms with E-state index in [-0.39, 0.29) is 34.5 Å². The highest BCUT2D eigenvalue weighted by atomic mass is 32.2. The van der Waals surface area contributed by atoms with Gasteiger partial charge in [-0.1, -0.05) is 23.9 Å². The number of para-hydroxylation sites is 1. The molecule has 2 N–H and O–H groups in total. The largest absolute Gasteiger partial charge is 0.478 e. The van der Waals surface area contributed by atoms with E-state index in [9.17, 15) is 19.2 Å². The van der Waals surface area contributed by atoms with Crippen molar-refractivity contribution < 1.29 is 28.7 Å². The lowest BCUT2D eigenvalue weighted by Gasteiger charge is -2.24. The number of aromatic nitrogens is 2. The first-order valence-corrected chi connectivity index (χ1v) is 9.69. The minimum atomic E-state index is -1.15. The number of rotatable bonds is 7. The summed E-state index contributed by atoms with van der Waals surface area (Å²) in [5.41, 5.74) is 0.534. The van der Waals surface area contributed by atoms with E-state index in [1.165, 1.54) is 19.2 Å². The van der Waals surface area contributed by atoms with Crippen molar-refractivity contribution in [1.82, 2.24) is 15.1 Å². The predicted molar refractivity (Wildman–Crippen MR) is 106 cm³/mol. The molecule has 0 aliphatic carbocycles. The Bertz CT molecular complexity index is 1050. The van der Waals surface area contributed by atoms with Crippen LogP contribution >= 0.6 is 11.8 Å². The van der Waals surface area contributed by atoms with E-state index in [4.69, 9.17) is 9.52 Å². The second kappa shape index (κ2) is 8.86. The highest BCUT2D eigenvalue weighted by molar-refractivity contribution is 7.99. The van der Waals surface area contributed by atoms with Gasteiger partial charge in [0.15, 0.2) is 0 Å². The molecule has 11 nitrogen and oxygen atoms in total. The van der Waals surface area contributed by atoms with Gasteiger partial charge in [-0.2, -0.15) is 0 Å². The number of benzene rings is 1. The summed E-state index contributed by atoms with van der Waals surface area (Å²) in [7, 11) is 1.35. The van der Waals surface area contributed by atoms with E-state index < -0.39 is 29.7 Å². The number of carbonyl (C=O) groups excluding carboxylic acids is 3. The molecule has 0 bridgehead atoms. The van der Waals surface area contributed by atoms with Crippen LogP contribution in [-0.4, -0.2) is 62.5 Å². The first-order valence-electron chi connectivity index (χ1n) is 8.70. The van der Waals surface area contributed by atoms with E-state index in [0.29, 0.717) is 5.71 Å². The van der Waals surface area contributed by atoms with E-state index in [0.717, 1.165) is 16.7 Å². The standard InChI is InChI=1S/C18H17N5O6S/c1-9-11(15(25)23(2)17(28)19-9)7-14-21-22-18(29-14)30-8-13(24)20-12-6-4-3-5-10(12)16(26)27/h3-6,11H,7-8H2,1-2H3,(H,20,24)(H,26,27). The quantitative estimate of drug-likeness (QED) is 0.623. The summed E-state index contributed by atoms with van der Waals surface area (Å²) in [4.78, 5) is 51.9. The molecule has 1 aromatic heterocycles. The Morgan fingerprint density at radius 3 is 2.73 bits per heavy atom. The van der Waals surface area contributed by atoms with Crippen LogP contribution in [0.2, 0.25) is 0 Å². The molecule has 2 heterocycles. The molecular weight excluding hydrogens is 414 g/mol. The normalized spacial score (nSPS) is 16.4. The van der Waals surface area contributed by atoms with Crippen molar-refractivity contribution in [1.29, 1.82) is 0 Å². The smallest absolute Gasteiger partial charge is 0.349 e. The summed E-state index contributed by atoms with van der Waals surface area (Å²) in [6.07, 6.45) is 0.0809. The van der Waals surface area contributed by atoms with Crippen LogP contribution in [0.25, 0.3) is 0 Å². The summed E-state index contributed by atoms with van der Waals surface area (Å²) < 4.78 is 5.46.